The number of benzene rings is 1. The van der Waals surface area contributed by atoms with Gasteiger partial charge in [0, 0.05) is 22.2 Å². The van der Waals surface area contributed by atoms with Crippen molar-refractivity contribution in [3.05, 3.63) is 29.3 Å². The van der Waals surface area contributed by atoms with Gasteiger partial charge in [-0.25, -0.2) is 0 Å². The molecule has 14 heavy (non-hydrogen) atoms. The Bertz CT molecular complexity index is 334. The average molecular weight is 244 g/mol. The van der Waals surface area contributed by atoms with Gasteiger partial charge in [0.25, 0.3) is 0 Å². The van der Waals surface area contributed by atoms with Crippen molar-refractivity contribution in [2.75, 3.05) is 12.3 Å². The van der Waals surface area contributed by atoms with Crippen molar-refractivity contribution in [3.8, 4) is 0 Å². The summed E-state index contributed by atoms with van der Waals surface area (Å²) < 4.78 is 1.18. The first-order chi connectivity index (χ1) is 6.84. The van der Waals surface area contributed by atoms with Gasteiger partial charge in [-0.1, -0.05) is 35.1 Å². The van der Waals surface area contributed by atoms with E-state index in [1.165, 1.54) is 21.4 Å². The summed E-state index contributed by atoms with van der Waals surface area (Å²) in [5.74, 6) is 1.19. The highest BCUT2D eigenvalue weighted by atomic mass is 35.5. The van der Waals surface area contributed by atoms with E-state index in [1.807, 2.05) is 36.0 Å². The topological polar surface area (TPSA) is 12.4 Å². The van der Waals surface area contributed by atoms with E-state index in [0.29, 0.717) is 0 Å². The standard InChI is InChI=1S/C10H10ClNS2/c11-8-2-4-9(5-3-8)14-10-12-6-1-7-13-10/h2-5H,1,6-7H2. The molecule has 74 valence electrons. The van der Waals surface area contributed by atoms with Gasteiger partial charge < -0.3 is 0 Å². The van der Waals surface area contributed by atoms with Crippen LogP contribution in [0.4, 0.5) is 0 Å². The van der Waals surface area contributed by atoms with Gasteiger partial charge >= 0.3 is 0 Å². The van der Waals surface area contributed by atoms with E-state index in [9.17, 15) is 0 Å². The number of rotatable bonds is 1. The molecule has 1 nitrogen and oxygen atoms in total. The quantitative estimate of drug-likeness (QED) is 0.741. The van der Waals surface area contributed by atoms with Gasteiger partial charge in [-0.15, -0.1) is 0 Å². The third kappa shape index (κ3) is 2.94. The van der Waals surface area contributed by atoms with E-state index >= 15 is 0 Å². The fraction of sp³-hybridized carbons (Fsp3) is 0.300. The van der Waals surface area contributed by atoms with Crippen molar-refractivity contribution in [1.29, 1.82) is 0 Å². The van der Waals surface area contributed by atoms with Crippen molar-refractivity contribution in [2.24, 2.45) is 4.99 Å². The van der Waals surface area contributed by atoms with Gasteiger partial charge in [0.05, 0.1) is 0 Å². The third-order valence-corrected chi connectivity index (χ3v) is 4.32. The SMILES string of the molecule is Clc1ccc(SC2=NCCCS2)cc1. The molecule has 0 amide bonds. The Morgan fingerprint density at radius 3 is 2.71 bits per heavy atom. The first kappa shape index (κ1) is 10.4. The molecule has 0 spiro atoms. The lowest BCUT2D eigenvalue weighted by Gasteiger charge is -2.10. The van der Waals surface area contributed by atoms with Crippen LogP contribution in [0.1, 0.15) is 6.42 Å². The highest BCUT2D eigenvalue weighted by molar-refractivity contribution is 8.38. The Labute approximate surface area is 97.3 Å². The fourth-order valence-corrected chi connectivity index (χ4v) is 3.27. The van der Waals surface area contributed by atoms with Crippen LogP contribution in [-0.4, -0.2) is 16.7 Å². The number of halogens is 1. The monoisotopic (exact) mass is 243 g/mol. The Kier molecular flexibility index (Phi) is 3.79. The van der Waals surface area contributed by atoms with E-state index < -0.39 is 0 Å². The summed E-state index contributed by atoms with van der Waals surface area (Å²) in [5.41, 5.74) is 0. The summed E-state index contributed by atoms with van der Waals surface area (Å²) in [6, 6.07) is 7.89. The number of aliphatic imine (C=N–C) groups is 1. The van der Waals surface area contributed by atoms with Crippen LogP contribution in [0.3, 0.4) is 0 Å². The maximum atomic E-state index is 5.81. The Hall–Kier alpha value is -0.120. The Morgan fingerprint density at radius 1 is 1.29 bits per heavy atom. The minimum absolute atomic E-state index is 0.785. The summed E-state index contributed by atoms with van der Waals surface area (Å²) in [6.07, 6.45) is 1.20. The molecule has 0 saturated carbocycles. The molecule has 0 N–H and O–H groups in total. The Balaban J connectivity index is 2.03. The van der Waals surface area contributed by atoms with Crippen LogP contribution in [0.2, 0.25) is 5.02 Å². The van der Waals surface area contributed by atoms with Crippen LogP contribution >= 0.6 is 35.1 Å². The molecule has 2 rings (SSSR count). The normalized spacial score (nSPS) is 16.5. The zero-order valence-corrected chi connectivity index (χ0v) is 9.96. The minimum atomic E-state index is 0.785. The minimum Gasteiger partial charge on any atom is -0.271 e. The summed E-state index contributed by atoms with van der Waals surface area (Å²) >= 11 is 9.38. The maximum absolute atomic E-state index is 5.81. The molecule has 1 aliphatic heterocycles. The second-order valence-electron chi connectivity index (χ2n) is 2.91. The van der Waals surface area contributed by atoms with Gasteiger partial charge in [-0.05, 0) is 30.7 Å². The van der Waals surface area contributed by atoms with Crippen molar-refractivity contribution < 1.29 is 0 Å². The molecular weight excluding hydrogens is 234 g/mol. The first-order valence-electron chi connectivity index (χ1n) is 4.45. The molecule has 0 fully saturated rings. The summed E-state index contributed by atoms with van der Waals surface area (Å²) in [7, 11) is 0. The van der Waals surface area contributed by atoms with Crippen molar-refractivity contribution in [2.45, 2.75) is 11.3 Å². The highest BCUT2D eigenvalue weighted by Gasteiger charge is 2.07. The first-order valence-corrected chi connectivity index (χ1v) is 6.63. The van der Waals surface area contributed by atoms with Gasteiger partial charge in [-0.3, -0.25) is 4.99 Å². The smallest absolute Gasteiger partial charge is 0.129 e. The molecule has 1 aliphatic rings. The lowest BCUT2D eigenvalue weighted by molar-refractivity contribution is 0.942. The van der Waals surface area contributed by atoms with E-state index in [4.69, 9.17) is 11.6 Å². The number of hydrogen-bond donors (Lipinski definition) is 0. The predicted octanol–water partition coefficient (Wildman–Crippen LogP) is 3.93. The van der Waals surface area contributed by atoms with E-state index in [0.717, 1.165) is 11.6 Å². The fourth-order valence-electron chi connectivity index (χ4n) is 1.11. The predicted molar refractivity (Wildman–Crippen MR) is 66.7 cm³/mol. The summed E-state index contributed by atoms with van der Waals surface area (Å²) in [5, 5.41) is 0.785. The summed E-state index contributed by atoms with van der Waals surface area (Å²) in [6.45, 7) is 0.975. The lowest BCUT2D eigenvalue weighted by Crippen LogP contribution is -1.99. The van der Waals surface area contributed by atoms with E-state index in [2.05, 4.69) is 4.99 Å². The molecule has 1 heterocycles. The van der Waals surface area contributed by atoms with Crippen LogP contribution in [0.25, 0.3) is 0 Å². The number of nitrogens with zero attached hydrogens (tertiary/aromatic N) is 1. The van der Waals surface area contributed by atoms with Gasteiger partial charge in [0.2, 0.25) is 0 Å². The third-order valence-electron chi connectivity index (χ3n) is 1.79. The summed E-state index contributed by atoms with van der Waals surface area (Å²) in [4.78, 5) is 5.67. The molecule has 0 atom stereocenters. The molecule has 0 aromatic heterocycles. The van der Waals surface area contributed by atoms with E-state index in [-0.39, 0.29) is 0 Å². The highest BCUT2D eigenvalue weighted by Crippen LogP contribution is 2.29. The largest absolute Gasteiger partial charge is 0.271 e. The molecule has 0 bridgehead atoms. The lowest BCUT2D eigenvalue weighted by atomic mass is 10.4. The molecule has 4 heteroatoms. The van der Waals surface area contributed by atoms with Gasteiger partial charge in [-0.2, -0.15) is 0 Å². The van der Waals surface area contributed by atoms with E-state index in [1.54, 1.807) is 11.8 Å². The second-order valence-corrected chi connectivity index (χ2v) is 5.75. The molecule has 1 aromatic rings. The van der Waals surface area contributed by atoms with Gasteiger partial charge in [0.1, 0.15) is 4.38 Å². The number of hydrogen-bond acceptors (Lipinski definition) is 3. The van der Waals surface area contributed by atoms with Crippen LogP contribution in [-0.2, 0) is 0 Å². The number of thioether (sulfide) groups is 2. The van der Waals surface area contributed by atoms with Crippen LogP contribution < -0.4 is 0 Å². The average Bonchev–Trinajstić information content (AvgIpc) is 2.23. The van der Waals surface area contributed by atoms with Crippen molar-refractivity contribution in [3.63, 3.8) is 0 Å². The molecule has 0 saturated heterocycles. The Morgan fingerprint density at radius 2 is 2.07 bits per heavy atom. The van der Waals surface area contributed by atoms with Gasteiger partial charge in [0.15, 0.2) is 0 Å². The zero-order chi connectivity index (χ0) is 9.80. The van der Waals surface area contributed by atoms with Crippen molar-refractivity contribution >= 4 is 39.5 Å². The molecule has 0 aliphatic carbocycles. The molecule has 1 aromatic carbocycles. The van der Waals surface area contributed by atoms with Crippen LogP contribution in [0.5, 0.6) is 0 Å². The molecule has 0 unspecified atom stereocenters. The molecular formula is C10H10ClNS2. The van der Waals surface area contributed by atoms with Crippen LogP contribution in [0.15, 0.2) is 34.2 Å². The molecule has 0 radical (unpaired) electrons. The van der Waals surface area contributed by atoms with Crippen molar-refractivity contribution in [1.82, 2.24) is 0 Å². The second kappa shape index (κ2) is 5.10. The maximum Gasteiger partial charge on any atom is 0.129 e. The zero-order valence-electron chi connectivity index (χ0n) is 7.57. The van der Waals surface area contributed by atoms with Crippen LogP contribution in [0, 0.1) is 0 Å².